The number of ether oxygens (including phenoxy) is 3. The smallest absolute Gasteiger partial charge is 0.338 e. The molecule has 1 aromatic rings. The van der Waals surface area contributed by atoms with Crippen LogP contribution in [0.1, 0.15) is 23.2 Å². The van der Waals surface area contributed by atoms with E-state index in [0.717, 1.165) is 12.8 Å². The third-order valence-electron chi connectivity index (χ3n) is 3.12. The number of carbonyl (C=O) groups excluding carboxylic acids is 1. The zero-order valence-corrected chi connectivity index (χ0v) is 9.37. The van der Waals surface area contributed by atoms with Gasteiger partial charge < -0.3 is 14.2 Å². The molecule has 2 aliphatic heterocycles. The SMILES string of the molecule is O=C(O[C@@H]1CC[C@@H]2CO[C@@H]1O2)c1ccccc1. The molecule has 4 nitrogen and oxygen atoms in total. The second-order valence-electron chi connectivity index (χ2n) is 4.35. The fourth-order valence-electron chi connectivity index (χ4n) is 2.20. The molecule has 0 unspecified atom stereocenters. The van der Waals surface area contributed by atoms with Gasteiger partial charge in [0.1, 0.15) is 0 Å². The molecule has 3 rings (SSSR count). The Bertz CT molecular complexity index is 403. The summed E-state index contributed by atoms with van der Waals surface area (Å²) >= 11 is 0. The van der Waals surface area contributed by atoms with E-state index in [0.29, 0.717) is 12.2 Å². The Labute approximate surface area is 99.5 Å². The molecule has 0 N–H and O–H groups in total. The number of hydrogen-bond donors (Lipinski definition) is 0. The van der Waals surface area contributed by atoms with Gasteiger partial charge in [0.2, 0.25) is 0 Å². The minimum atomic E-state index is -0.374. The molecule has 0 spiro atoms. The van der Waals surface area contributed by atoms with E-state index in [4.69, 9.17) is 14.2 Å². The first kappa shape index (κ1) is 10.7. The van der Waals surface area contributed by atoms with Crippen molar-refractivity contribution >= 4 is 5.97 Å². The van der Waals surface area contributed by atoms with Gasteiger partial charge in [-0.3, -0.25) is 0 Å². The molecule has 2 heterocycles. The lowest BCUT2D eigenvalue weighted by atomic mass is 10.1. The first-order chi connectivity index (χ1) is 8.33. The lowest BCUT2D eigenvalue weighted by Crippen LogP contribution is -2.36. The Morgan fingerprint density at radius 2 is 2.06 bits per heavy atom. The van der Waals surface area contributed by atoms with Crippen LogP contribution in [0, 0.1) is 0 Å². The number of fused-ring (bicyclic) bond motifs is 2. The van der Waals surface area contributed by atoms with E-state index in [1.165, 1.54) is 0 Å². The molecular formula is C13H14O4. The summed E-state index contributed by atoms with van der Waals surface area (Å²) in [7, 11) is 0. The van der Waals surface area contributed by atoms with Crippen LogP contribution in [0.15, 0.2) is 30.3 Å². The number of carbonyl (C=O) groups is 1. The van der Waals surface area contributed by atoms with Crippen LogP contribution in [0.25, 0.3) is 0 Å². The molecule has 0 aliphatic carbocycles. The average Bonchev–Trinajstić information content (AvgIpc) is 2.77. The maximum atomic E-state index is 11.9. The van der Waals surface area contributed by atoms with Crippen molar-refractivity contribution in [1.82, 2.24) is 0 Å². The van der Waals surface area contributed by atoms with Gasteiger partial charge in [0.05, 0.1) is 18.3 Å². The first-order valence-electron chi connectivity index (χ1n) is 5.86. The van der Waals surface area contributed by atoms with Crippen molar-refractivity contribution in [3.8, 4) is 0 Å². The van der Waals surface area contributed by atoms with Gasteiger partial charge in [-0.25, -0.2) is 4.79 Å². The maximum absolute atomic E-state index is 11.9. The summed E-state index contributed by atoms with van der Waals surface area (Å²) in [6, 6.07) is 8.98. The van der Waals surface area contributed by atoms with Crippen LogP contribution in [-0.2, 0) is 14.2 Å². The number of rotatable bonds is 2. The van der Waals surface area contributed by atoms with Crippen LogP contribution in [0.4, 0.5) is 0 Å². The second-order valence-corrected chi connectivity index (χ2v) is 4.35. The Hall–Kier alpha value is -1.39. The van der Waals surface area contributed by atoms with Crippen molar-refractivity contribution in [3.63, 3.8) is 0 Å². The summed E-state index contributed by atoms with van der Waals surface area (Å²) in [6.07, 6.45) is 1.24. The Morgan fingerprint density at radius 3 is 2.88 bits per heavy atom. The van der Waals surface area contributed by atoms with Gasteiger partial charge in [0, 0.05) is 0 Å². The van der Waals surface area contributed by atoms with Gasteiger partial charge in [-0.15, -0.1) is 0 Å². The molecule has 0 radical (unpaired) electrons. The van der Waals surface area contributed by atoms with Gasteiger partial charge in [-0.1, -0.05) is 18.2 Å². The van der Waals surface area contributed by atoms with Crippen LogP contribution < -0.4 is 0 Å². The zero-order chi connectivity index (χ0) is 11.7. The standard InChI is InChI=1S/C13H14O4/c14-12(9-4-2-1-3-5-9)17-11-7-6-10-8-15-13(11)16-10/h1-5,10-11,13H,6-8H2/t10-,11-,13-/m1/s1. The summed E-state index contributed by atoms with van der Waals surface area (Å²) in [6.45, 7) is 0.615. The first-order valence-corrected chi connectivity index (χ1v) is 5.86. The largest absolute Gasteiger partial charge is 0.453 e. The Morgan fingerprint density at radius 1 is 1.24 bits per heavy atom. The highest BCUT2D eigenvalue weighted by molar-refractivity contribution is 5.89. The molecule has 1 aromatic carbocycles. The van der Waals surface area contributed by atoms with Crippen molar-refractivity contribution in [2.45, 2.75) is 31.3 Å². The van der Waals surface area contributed by atoms with E-state index < -0.39 is 0 Å². The van der Waals surface area contributed by atoms with E-state index >= 15 is 0 Å². The minimum absolute atomic E-state index is 0.187. The minimum Gasteiger partial charge on any atom is -0.453 e. The summed E-state index contributed by atoms with van der Waals surface area (Å²) in [5, 5.41) is 0. The molecule has 0 aromatic heterocycles. The molecule has 0 saturated carbocycles. The molecule has 17 heavy (non-hydrogen) atoms. The van der Waals surface area contributed by atoms with Crippen molar-refractivity contribution in [3.05, 3.63) is 35.9 Å². The highest BCUT2D eigenvalue weighted by Gasteiger charge is 2.40. The van der Waals surface area contributed by atoms with Gasteiger partial charge in [-0.05, 0) is 25.0 Å². The van der Waals surface area contributed by atoms with Crippen LogP contribution in [0.5, 0.6) is 0 Å². The number of hydrogen-bond acceptors (Lipinski definition) is 4. The van der Waals surface area contributed by atoms with Crippen molar-refractivity contribution in [2.75, 3.05) is 6.61 Å². The summed E-state index contributed by atoms with van der Waals surface area (Å²) < 4.78 is 16.4. The molecule has 2 aliphatic rings. The van der Waals surface area contributed by atoms with Crippen LogP contribution in [-0.4, -0.2) is 31.1 Å². The fourth-order valence-corrected chi connectivity index (χ4v) is 2.20. The van der Waals surface area contributed by atoms with Gasteiger partial charge >= 0.3 is 5.97 Å². The van der Waals surface area contributed by atoms with Gasteiger partial charge in [0.25, 0.3) is 0 Å². The van der Waals surface area contributed by atoms with Crippen molar-refractivity contribution < 1.29 is 19.0 Å². The highest BCUT2D eigenvalue weighted by Crippen LogP contribution is 2.29. The van der Waals surface area contributed by atoms with E-state index in [-0.39, 0.29) is 24.5 Å². The molecule has 90 valence electrons. The Balaban J connectivity index is 1.65. The molecule has 2 bridgehead atoms. The summed E-state index contributed by atoms with van der Waals surface area (Å²) in [4.78, 5) is 11.9. The predicted molar refractivity (Wildman–Crippen MR) is 59.5 cm³/mol. The lowest BCUT2D eigenvalue weighted by Gasteiger charge is -2.26. The molecule has 2 fully saturated rings. The van der Waals surface area contributed by atoms with E-state index in [9.17, 15) is 4.79 Å². The van der Waals surface area contributed by atoms with Crippen LogP contribution in [0.2, 0.25) is 0 Å². The van der Waals surface area contributed by atoms with Crippen molar-refractivity contribution in [2.24, 2.45) is 0 Å². The third-order valence-corrected chi connectivity index (χ3v) is 3.12. The maximum Gasteiger partial charge on any atom is 0.338 e. The Kier molecular flexibility index (Phi) is 2.82. The van der Waals surface area contributed by atoms with E-state index in [1.54, 1.807) is 12.1 Å². The quantitative estimate of drug-likeness (QED) is 0.731. The topological polar surface area (TPSA) is 44.8 Å². The lowest BCUT2D eigenvalue weighted by molar-refractivity contribution is -0.155. The fraction of sp³-hybridized carbons (Fsp3) is 0.462. The predicted octanol–water partition coefficient (Wildman–Crippen LogP) is 1.75. The average molecular weight is 234 g/mol. The number of benzene rings is 1. The van der Waals surface area contributed by atoms with Crippen LogP contribution in [0.3, 0.4) is 0 Å². The van der Waals surface area contributed by atoms with E-state index in [1.807, 2.05) is 18.2 Å². The monoisotopic (exact) mass is 234 g/mol. The third kappa shape index (κ3) is 2.18. The summed E-state index contributed by atoms with van der Waals surface area (Å²) in [5.74, 6) is -0.312. The van der Waals surface area contributed by atoms with Crippen LogP contribution >= 0.6 is 0 Å². The van der Waals surface area contributed by atoms with Crippen molar-refractivity contribution in [1.29, 1.82) is 0 Å². The highest BCUT2D eigenvalue weighted by atomic mass is 16.7. The molecule has 2 saturated heterocycles. The molecule has 0 amide bonds. The second kappa shape index (κ2) is 4.47. The normalized spacial score (nSPS) is 31.2. The molecular weight excluding hydrogens is 220 g/mol. The number of esters is 1. The van der Waals surface area contributed by atoms with Gasteiger partial charge in [-0.2, -0.15) is 0 Å². The molecule has 4 heteroatoms. The van der Waals surface area contributed by atoms with E-state index in [2.05, 4.69) is 0 Å². The molecule has 3 atom stereocenters. The zero-order valence-electron chi connectivity index (χ0n) is 9.37. The van der Waals surface area contributed by atoms with Gasteiger partial charge in [0.15, 0.2) is 12.4 Å². The summed E-state index contributed by atoms with van der Waals surface area (Å²) in [5.41, 5.74) is 0.563.